The van der Waals surface area contributed by atoms with Crippen LogP contribution in [0.25, 0.3) is 0 Å². The Morgan fingerprint density at radius 3 is 1.27 bits per heavy atom. The molecule has 3 nitrogen and oxygen atoms in total. The van der Waals surface area contributed by atoms with Crippen molar-refractivity contribution in [3.63, 3.8) is 0 Å². The fourth-order valence-electron chi connectivity index (χ4n) is 0.314. The lowest BCUT2D eigenvalue weighted by Crippen LogP contribution is -1.80. The van der Waals surface area contributed by atoms with Gasteiger partial charge in [-0.2, -0.15) is 0 Å². The molecule has 0 amide bonds. The van der Waals surface area contributed by atoms with E-state index in [2.05, 4.69) is 0 Å². The van der Waals surface area contributed by atoms with Gasteiger partial charge in [0.05, 0.1) is 37.2 Å². The molecule has 0 aromatic heterocycles. The Kier molecular flexibility index (Phi) is 6.28. The SMILES string of the molecule is ClCC1CO1.ClCC1CO1.O. The van der Waals surface area contributed by atoms with Gasteiger partial charge in [0.1, 0.15) is 0 Å². The van der Waals surface area contributed by atoms with Crippen LogP contribution in [0.5, 0.6) is 0 Å². The molecule has 68 valence electrons. The average molecular weight is 203 g/mol. The van der Waals surface area contributed by atoms with Crippen LogP contribution >= 0.6 is 23.2 Å². The lowest BCUT2D eigenvalue weighted by Gasteiger charge is -1.67. The Balaban J connectivity index is 0.000000167. The molecule has 2 aliphatic heterocycles. The minimum Gasteiger partial charge on any atom is -0.412 e. The van der Waals surface area contributed by atoms with Gasteiger partial charge in [-0.05, 0) is 0 Å². The molecule has 2 heterocycles. The summed E-state index contributed by atoms with van der Waals surface area (Å²) < 4.78 is 9.45. The van der Waals surface area contributed by atoms with Crippen molar-refractivity contribution in [2.75, 3.05) is 25.0 Å². The smallest absolute Gasteiger partial charge is 0.0944 e. The van der Waals surface area contributed by atoms with Crippen molar-refractivity contribution < 1.29 is 14.9 Å². The number of halogens is 2. The molecule has 2 unspecified atom stereocenters. The summed E-state index contributed by atoms with van der Waals surface area (Å²) in [5.74, 6) is 1.33. The van der Waals surface area contributed by atoms with Gasteiger partial charge in [-0.1, -0.05) is 0 Å². The topological polar surface area (TPSA) is 56.6 Å². The largest absolute Gasteiger partial charge is 0.412 e. The van der Waals surface area contributed by atoms with Crippen LogP contribution in [0.1, 0.15) is 0 Å². The standard InChI is InChI=1S/2C3H5ClO.H2O/c2*4-1-3-2-5-3;/h2*3H,1-2H2;1H2. The first kappa shape index (κ1) is 11.5. The van der Waals surface area contributed by atoms with Crippen molar-refractivity contribution in [1.29, 1.82) is 0 Å². The van der Waals surface area contributed by atoms with Gasteiger partial charge in [-0.3, -0.25) is 0 Å². The minimum absolute atomic E-state index is 0. The monoisotopic (exact) mass is 202 g/mol. The molecule has 0 radical (unpaired) electrons. The second-order valence-corrected chi connectivity index (χ2v) is 2.84. The molecule has 2 saturated heterocycles. The predicted molar refractivity (Wildman–Crippen MR) is 44.5 cm³/mol. The van der Waals surface area contributed by atoms with Gasteiger partial charge in [0.25, 0.3) is 0 Å². The zero-order valence-corrected chi connectivity index (χ0v) is 7.57. The summed E-state index contributed by atoms with van der Waals surface area (Å²) in [6.45, 7) is 1.76. The quantitative estimate of drug-likeness (QED) is 0.482. The summed E-state index contributed by atoms with van der Waals surface area (Å²) >= 11 is 10.5. The lowest BCUT2D eigenvalue weighted by atomic mass is 10.6. The second kappa shape index (κ2) is 6.03. The normalized spacial score (nSPS) is 31.1. The molecule has 2 aliphatic rings. The molecule has 0 saturated carbocycles. The van der Waals surface area contributed by atoms with Crippen LogP contribution in [0.3, 0.4) is 0 Å². The van der Waals surface area contributed by atoms with Crippen LogP contribution in [0.15, 0.2) is 0 Å². The number of alkyl halides is 2. The van der Waals surface area contributed by atoms with E-state index in [1.54, 1.807) is 0 Å². The van der Waals surface area contributed by atoms with Crippen molar-refractivity contribution >= 4 is 23.2 Å². The molecule has 2 fully saturated rings. The molecular weight excluding hydrogens is 191 g/mol. The molecule has 0 aromatic rings. The molecule has 2 atom stereocenters. The van der Waals surface area contributed by atoms with Gasteiger partial charge in [-0.15, -0.1) is 23.2 Å². The van der Waals surface area contributed by atoms with Crippen LogP contribution in [0.2, 0.25) is 0 Å². The van der Waals surface area contributed by atoms with Crippen molar-refractivity contribution in [2.45, 2.75) is 12.2 Å². The number of hydrogen-bond acceptors (Lipinski definition) is 2. The van der Waals surface area contributed by atoms with Gasteiger partial charge in [0.2, 0.25) is 0 Å². The maximum atomic E-state index is 5.27. The van der Waals surface area contributed by atoms with Gasteiger partial charge < -0.3 is 14.9 Å². The van der Waals surface area contributed by atoms with E-state index in [0.717, 1.165) is 13.2 Å². The van der Waals surface area contributed by atoms with E-state index in [0.29, 0.717) is 24.0 Å². The van der Waals surface area contributed by atoms with Crippen molar-refractivity contribution in [3.8, 4) is 0 Å². The van der Waals surface area contributed by atoms with E-state index in [4.69, 9.17) is 32.7 Å². The first-order chi connectivity index (χ1) is 4.86. The highest BCUT2D eigenvalue weighted by Gasteiger charge is 2.20. The van der Waals surface area contributed by atoms with E-state index in [-0.39, 0.29) is 5.48 Å². The maximum Gasteiger partial charge on any atom is 0.0944 e. The number of rotatable bonds is 2. The first-order valence-corrected chi connectivity index (χ1v) is 4.29. The molecule has 0 aromatic carbocycles. The van der Waals surface area contributed by atoms with Crippen molar-refractivity contribution in [2.24, 2.45) is 0 Å². The van der Waals surface area contributed by atoms with E-state index < -0.39 is 0 Å². The molecule has 0 aliphatic carbocycles. The molecule has 5 heteroatoms. The van der Waals surface area contributed by atoms with Crippen LogP contribution < -0.4 is 0 Å². The van der Waals surface area contributed by atoms with E-state index >= 15 is 0 Å². The van der Waals surface area contributed by atoms with Crippen LogP contribution in [0.4, 0.5) is 0 Å². The van der Waals surface area contributed by atoms with Crippen LogP contribution in [0, 0.1) is 0 Å². The molecule has 0 bridgehead atoms. The predicted octanol–water partition coefficient (Wildman–Crippen LogP) is 0.423. The Labute approximate surface area is 75.9 Å². The second-order valence-electron chi connectivity index (χ2n) is 2.22. The molecule has 11 heavy (non-hydrogen) atoms. The zero-order valence-electron chi connectivity index (χ0n) is 6.06. The highest BCUT2D eigenvalue weighted by molar-refractivity contribution is 6.18. The fourth-order valence-corrected chi connectivity index (χ4v) is 0.671. The van der Waals surface area contributed by atoms with Gasteiger partial charge in [-0.25, -0.2) is 0 Å². The number of ether oxygens (including phenoxy) is 2. The van der Waals surface area contributed by atoms with Gasteiger partial charge in [0.15, 0.2) is 0 Å². The van der Waals surface area contributed by atoms with Crippen molar-refractivity contribution in [1.82, 2.24) is 0 Å². The summed E-state index contributed by atoms with van der Waals surface area (Å²) in [4.78, 5) is 0. The molecule has 2 rings (SSSR count). The Hall–Kier alpha value is 0.460. The third-order valence-corrected chi connectivity index (χ3v) is 1.84. The summed E-state index contributed by atoms with van der Waals surface area (Å²) in [6.07, 6.45) is 0.799. The summed E-state index contributed by atoms with van der Waals surface area (Å²) in [7, 11) is 0. The average Bonchev–Trinajstić information content (AvgIpc) is 2.86. The highest BCUT2D eigenvalue weighted by atomic mass is 35.5. The van der Waals surface area contributed by atoms with E-state index in [1.807, 2.05) is 0 Å². The fraction of sp³-hybridized carbons (Fsp3) is 1.00. The lowest BCUT2D eigenvalue weighted by molar-refractivity contribution is 0.425. The third kappa shape index (κ3) is 6.84. The summed E-state index contributed by atoms with van der Waals surface area (Å²) in [6, 6.07) is 0. The summed E-state index contributed by atoms with van der Waals surface area (Å²) in [5, 5.41) is 0. The Morgan fingerprint density at radius 2 is 1.27 bits per heavy atom. The molecule has 0 spiro atoms. The van der Waals surface area contributed by atoms with Gasteiger partial charge in [0, 0.05) is 0 Å². The Morgan fingerprint density at radius 1 is 1.00 bits per heavy atom. The van der Waals surface area contributed by atoms with Crippen molar-refractivity contribution in [3.05, 3.63) is 0 Å². The zero-order chi connectivity index (χ0) is 7.40. The number of epoxide rings is 2. The van der Waals surface area contributed by atoms with E-state index in [1.165, 1.54) is 0 Å². The maximum absolute atomic E-state index is 5.27. The number of hydrogen-bond donors (Lipinski definition) is 0. The van der Waals surface area contributed by atoms with Gasteiger partial charge >= 0.3 is 0 Å². The minimum atomic E-state index is 0. The molecule has 2 N–H and O–H groups in total. The van der Waals surface area contributed by atoms with Crippen LogP contribution in [-0.2, 0) is 9.47 Å². The summed E-state index contributed by atoms with van der Waals surface area (Å²) in [5.41, 5.74) is 0. The highest BCUT2D eigenvalue weighted by Crippen LogP contribution is 2.09. The molecular formula is C6H12Cl2O3. The third-order valence-electron chi connectivity index (χ3n) is 1.15. The van der Waals surface area contributed by atoms with Crippen LogP contribution in [-0.4, -0.2) is 42.7 Å². The van der Waals surface area contributed by atoms with E-state index in [9.17, 15) is 0 Å². The Bertz CT molecular complexity index is 81.8. The first-order valence-electron chi connectivity index (χ1n) is 3.22.